The van der Waals surface area contributed by atoms with Crippen molar-refractivity contribution >= 4 is 27.7 Å². The topological polar surface area (TPSA) is 76.7 Å². The molecule has 120 valence electrons. The Labute approximate surface area is 137 Å². The van der Waals surface area contributed by atoms with E-state index >= 15 is 0 Å². The maximum atomic E-state index is 12.1. The normalized spacial score (nSPS) is 19.3. The molecule has 0 aliphatic heterocycles. The van der Waals surface area contributed by atoms with E-state index in [1.165, 1.54) is 7.11 Å². The number of carbonyl (C=O) groups excluding carboxylic acids is 2. The molecule has 1 fully saturated rings. The van der Waals surface area contributed by atoms with Gasteiger partial charge >= 0.3 is 0 Å². The molecule has 2 rings (SSSR count). The summed E-state index contributed by atoms with van der Waals surface area (Å²) in [5.74, 6) is 0.806. The predicted molar refractivity (Wildman–Crippen MR) is 84.7 cm³/mol. The molecular weight excluding hydrogens is 352 g/mol. The summed E-state index contributed by atoms with van der Waals surface area (Å²) in [5, 5.41) is 0. The number of methoxy groups -OCH3 is 1. The Hall–Kier alpha value is -1.76. The number of nitrogens with one attached hydrogen (secondary N) is 2. The Morgan fingerprint density at radius 3 is 2.59 bits per heavy atom. The second kappa shape index (κ2) is 7.00. The molecule has 0 saturated heterocycles. The van der Waals surface area contributed by atoms with Crippen LogP contribution >= 0.6 is 15.9 Å². The molecular formula is C15H19BrN2O4. The Morgan fingerprint density at radius 1 is 1.36 bits per heavy atom. The van der Waals surface area contributed by atoms with Crippen LogP contribution in [0.5, 0.6) is 11.5 Å². The standard InChI is InChI=1S/C15H19BrN2O4/c1-4-22-13-11(16)6-9(7-12(13)21-3)14(19)17-18-15(20)10-5-8(10)2/h6-8,10H,4-5H2,1-3H3,(H,17,19)(H,18,20)/t8-,10+/m0/s1. The van der Waals surface area contributed by atoms with Gasteiger partial charge in [0.2, 0.25) is 5.91 Å². The predicted octanol–water partition coefficient (Wildman–Crippen LogP) is 2.27. The molecule has 2 atom stereocenters. The van der Waals surface area contributed by atoms with Gasteiger partial charge in [-0.2, -0.15) is 0 Å². The first-order chi connectivity index (χ1) is 10.5. The minimum absolute atomic E-state index is 0.00176. The van der Waals surface area contributed by atoms with E-state index in [1.807, 2.05) is 13.8 Å². The summed E-state index contributed by atoms with van der Waals surface area (Å²) in [5.41, 5.74) is 5.22. The van der Waals surface area contributed by atoms with Crippen LogP contribution in [0, 0.1) is 11.8 Å². The summed E-state index contributed by atoms with van der Waals surface area (Å²) >= 11 is 3.36. The van der Waals surface area contributed by atoms with Gasteiger partial charge < -0.3 is 9.47 Å². The van der Waals surface area contributed by atoms with Crippen LogP contribution in [0.1, 0.15) is 30.6 Å². The van der Waals surface area contributed by atoms with Crippen molar-refractivity contribution in [3.63, 3.8) is 0 Å². The van der Waals surface area contributed by atoms with Crippen LogP contribution in [-0.4, -0.2) is 25.5 Å². The van der Waals surface area contributed by atoms with Crippen LogP contribution in [0.4, 0.5) is 0 Å². The largest absolute Gasteiger partial charge is 0.493 e. The Bertz CT molecular complexity index is 591. The number of rotatable bonds is 5. The maximum Gasteiger partial charge on any atom is 0.269 e. The van der Waals surface area contributed by atoms with E-state index in [-0.39, 0.29) is 11.8 Å². The smallest absolute Gasteiger partial charge is 0.269 e. The molecule has 2 amide bonds. The first-order valence-electron chi connectivity index (χ1n) is 7.08. The van der Waals surface area contributed by atoms with Gasteiger partial charge in [-0.1, -0.05) is 6.92 Å². The highest BCUT2D eigenvalue weighted by atomic mass is 79.9. The molecule has 1 aliphatic rings. The van der Waals surface area contributed by atoms with E-state index in [1.54, 1.807) is 12.1 Å². The lowest BCUT2D eigenvalue weighted by Gasteiger charge is -2.13. The highest BCUT2D eigenvalue weighted by molar-refractivity contribution is 9.10. The van der Waals surface area contributed by atoms with Gasteiger partial charge in [-0.15, -0.1) is 0 Å². The van der Waals surface area contributed by atoms with Crippen molar-refractivity contribution in [1.29, 1.82) is 0 Å². The molecule has 2 N–H and O–H groups in total. The van der Waals surface area contributed by atoms with Crippen molar-refractivity contribution in [2.24, 2.45) is 11.8 Å². The third-order valence-electron chi connectivity index (χ3n) is 3.53. The molecule has 0 spiro atoms. The van der Waals surface area contributed by atoms with Gasteiger partial charge in [0.05, 0.1) is 18.2 Å². The average molecular weight is 371 g/mol. The van der Waals surface area contributed by atoms with Crippen molar-refractivity contribution < 1.29 is 19.1 Å². The molecule has 0 bridgehead atoms. The minimum atomic E-state index is -0.413. The van der Waals surface area contributed by atoms with Gasteiger partial charge in [-0.25, -0.2) is 0 Å². The van der Waals surface area contributed by atoms with Gasteiger partial charge in [-0.3, -0.25) is 20.4 Å². The van der Waals surface area contributed by atoms with Gasteiger partial charge in [-0.05, 0) is 47.3 Å². The molecule has 6 nitrogen and oxygen atoms in total. The fourth-order valence-electron chi connectivity index (χ4n) is 2.11. The molecule has 1 aromatic rings. The van der Waals surface area contributed by atoms with Crippen LogP contribution in [0.15, 0.2) is 16.6 Å². The summed E-state index contributed by atoms with van der Waals surface area (Å²) in [6.07, 6.45) is 0.865. The monoisotopic (exact) mass is 370 g/mol. The van der Waals surface area contributed by atoms with E-state index in [0.29, 0.717) is 34.1 Å². The molecule has 1 aromatic carbocycles. The molecule has 22 heavy (non-hydrogen) atoms. The summed E-state index contributed by atoms with van der Waals surface area (Å²) in [7, 11) is 1.50. The molecule has 7 heteroatoms. The van der Waals surface area contributed by atoms with Crippen LogP contribution in [-0.2, 0) is 4.79 Å². The van der Waals surface area contributed by atoms with E-state index in [2.05, 4.69) is 26.8 Å². The van der Waals surface area contributed by atoms with Gasteiger partial charge in [0, 0.05) is 11.5 Å². The number of ether oxygens (including phenoxy) is 2. The summed E-state index contributed by atoms with van der Waals surface area (Å²) in [4.78, 5) is 23.8. The third-order valence-corrected chi connectivity index (χ3v) is 4.11. The van der Waals surface area contributed by atoms with Crippen molar-refractivity contribution in [1.82, 2.24) is 10.9 Å². The fraction of sp³-hybridized carbons (Fsp3) is 0.467. The summed E-state index contributed by atoms with van der Waals surface area (Å²) in [6.45, 7) is 4.34. The van der Waals surface area contributed by atoms with E-state index < -0.39 is 5.91 Å². The SMILES string of the molecule is CCOc1c(Br)cc(C(=O)NNC(=O)[C@@H]2C[C@@H]2C)cc1OC. The first kappa shape index (κ1) is 16.6. The zero-order chi connectivity index (χ0) is 16.3. The van der Waals surface area contributed by atoms with Crippen LogP contribution in [0.2, 0.25) is 0 Å². The van der Waals surface area contributed by atoms with Crippen LogP contribution in [0.25, 0.3) is 0 Å². The zero-order valence-electron chi connectivity index (χ0n) is 12.7. The molecule has 0 aromatic heterocycles. The number of carbonyl (C=O) groups is 2. The Kier molecular flexibility index (Phi) is 5.28. The number of benzene rings is 1. The van der Waals surface area contributed by atoms with Crippen LogP contribution in [0.3, 0.4) is 0 Å². The number of hydrogen-bond donors (Lipinski definition) is 2. The maximum absolute atomic E-state index is 12.1. The lowest BCUT2D eigenvalue weighted by Crippen LogP contribution is -2.42. The van der Waals surface area contributed by atoms with Gasteiger partial charge in [0.25, 0.3) is 5.91 Å². The number of hydrogen-bond acceptors (Lipinski definition) is 4. The summed E-state index contributed by atoms with van der Waals surface area (Å²) < 4.78 is 11.3. The fourth-order valence-corrected chi connectivity index (χ4v) is 2.66. The number of hydrazine groups is 1. The highest BCUT2D eigenvalue weighted by Crippen LogP contribution is 2.38. The Morgan fingerprint density at radius 2 is 2.05 bits per heavy atom. The molecule has 1 saturated carbocycles. The van der Waals surface area contributed by atoms with Crippen molar-refractivity contribution in [3.05, 3.63) is 22.2 Å². The van der Waals surface area contributed by atoms with Gasteiger partial charge in [0.15, 0.2) is 11.5 Å². The third kappa shape index (κ3) is 3.71. The zero-order valence-corrected chi connectivity index (χ0v) is 14.3. The lowest BCUT2D eigenvalue weighted by atomic mass is 10.2. The van der Waals surface area contributed by atoms with E-state index in [4.69, 9.17) is 9.47 Å². The second-order valence-corrected chi connectivity index (χ2v) is 6.04. The lowest BCUT2D eigenvalue weighted by molar-refractivity contribution is -0.123. The Balaban J connectivity index is 2.06. The molecule has 0 unspecified atom stereocenters. The highest BCUT2D eigenvalue weighted by Gasteiger charge is 2.39. The second-order valence-electron chi connectivity index (χ2n) is 5.19. The molecule has 0 radical (unpaired) electrons. The summed E-state index contributed by atoms with van der Waals surface area (Å²) in [6, 6.07) is 3.19. The van der Waals surface area contributed by atoms with Crippen LogP contribution < -0.4 is 20.3 Å². The molecule has 1 aliphatic carbocycles. The molecule has 0 heterocycles. The average Bonchev–Trinajstić information content (AvgIpc) is 3.23. The number of amides is 2. The van der Waals surface area contributed by atoms with Crippen molar-refractivity contribution in [2.45, 2.75) is 20.3 Å². The van der Waals surface area contributed by atoms with Gasteiger partial charge in [0.1, 0.15) is 0 Å². The quantitative estimate of drug-likeness (QED) is 0.779. The van der Waals surface area contributed by atoms with Crippen molar-refractivity contribution in [2.75, 3.05) is 13.7 Å². The van der Waals surface area contributed by atoms with E-state index in [9.17, 15) is 9.59 Å². The minimum Gasteiger partial charge on any atom is -0.493 e. The number of halogens is 1. The van der Waals surface area contributed by atoms with Crippen molar-refractivity contribution in [3.8, 4) is 11.5 Å². The first-order valence-corrected chi connectivity index (χ1v) is 7.87. The van der Waals surface area contributed by atoms with E-state index in [0.717, 1.165) is 6.42 Å².